The summed E-state index contributed by atoms with van der Waals surface area (Å²) in [6.07, 6.45) is 4.01. The van der Waals surface area contributed by atoms with E-state index >= 15 is 0 Å². The molecule has 0 heteroatoms. The van der Waals surface area contributed by atoms with Crippen molar-refractivity contribution in [2.75, 3.05) is 0 Å². The standard InChI is InChI=1S/C12H21/c1-7-11(9(3)4)12(8-2)10(5)6/h7-11H,1-2H2,3-6H3. The fourth-order valence-corrected chi connectivity index (χ4v) is 1.55. The second-order valence-corrected chi connectivity index (χ2v) is 3.86. The molecule has 0 saturated heterocycles. The Kier molecular flexibility index (Phi) is 4.96. The molecule has 0 aromatic rings. The van der Waals surface area contributed by atoms with E-state index in [1.54, 1.807) is 0 Å². The molecule has 0 aliphatic heterocycles. The molecule has 0 aromatic carbocycles. The van der Waals surface area contributed by atoms with Crippen molar-refractivity contribution in [3.8, 4) is 0 Å². The Balaban J connectivity index is 4.58. The molecule has 0 N–H and O–H groups in total. The molecule has 0 aliphatic carbocycles. The SMILES string of the molecule is [CH2]C=C(C(C)C)C(C=C)C(C)C. The molecule has 0 bridgehead atoms. The first-order chi connectivity index (χ1) is 5.54. The number of hydrogen-bond donors (Lipinski definition) is 0. The molecule has 0 amide bonds. The molecule has 0 heterocycles. The highest BCUT2D eigenvalue weighted by Gasteiger charge is 2.16. The van der Waals surface area contributed by atoms with Gasteiger partial charge in [0, 0.05) is 0 Å². The first-order valence-corrected chi connectivity index (χ1v) is 4.66. The Hall–Kier alpha value is -0.520. The third kappa shape index (κ3) is 2.84. The Labute approximate surface area is 77.4 Å². The van der Waals surface area contributed by atoms with E-state index in [9.17, 15) is 0 Å². The molecule has 1 atom stereocenters. The second kappa shape index (κ2) is 5.18. The molecule has 0 rings (SSSR count). The van der Waals surface area contributed by atoms with Crippen LogP contribution >= 0.6 is 0 Å². The predicted octanol–water partition coefficient (Wildman–Crippen LogP) is 3.86. The van der Waals surface area contributed by atoms with E-state index in [0.29, 0.717) is 17.8 Å². The molecule has 0 saturated carbocycles. The van der Waals surface area contributed by atoms with Crippen molar-refractivity contribution < 1.29 is 0 Å². The quantitative estimate of drug-likeness (QED) is 0.555. The van der Waals surface area contributed by atoms with E-state index in [0.717, 1.165) is 0 Å². The Bertz CT molecular complexity index is 161. The molecule has 1 radical (unpaired) electrons. The first-order valence-electron chi connectivity index (χ1n) is 4.66. The minimum Gasteiger partial charge on any atom is -0.102 e. The second-order valence-electron chi connectivity index (χ2n) is 3.86. The van der Waals surface area contributed by atoms with Crippen LogP contribution in [0.4, 0.5) is 0 Å². The lowest BCUT2D eigenvalue weighted by Crippen LogP contribution is -2.12. The number of rotatable bonds is 4. The lowest BCUT2D eigenvalue weighted by atomic mass is 9.82. The van der Waals surface area contributed by atoms with Gasteiger partial charge in [-0.2, -0.15) is 0 Å². The zero-order chi connectivity index (χ0) is 9.72. The maximum Gasteiger partial charge on any atom is -0.0000365 e. The van der Waals surface area contributed by atoms with Gasteiger partial charge in [-0.15, -0.1) is 6.58 Å². The summed E-state index contributed by atoms with van der Waals surface area (Å²) in [5.74, 6) is 1.69. The van der Waals surface area contributed by atoms with Crippen LogP contribution in [0.2, 0.25) is 0 Å². The number of hydrogen-bond acceptors (Lipinski definition) is 0. The van der Waals surface area contributed by atoms with E-state index in [2.05, 4.69) is 41.2 Å². The third-order valence-electron chi connectivity index (χ3n) is 2.26. The van der Waals surface area contributed by atoms with Crippen molar-refractivity contribution in [2.45, 2.75) is 27.7 Å². The van der Waals surface area contributed by atoms with Crippen LogP contribution < -0.4 is 0 Å². The highest BCUT2D eigenvalue weighted by atomic mass is 14.2. The molecule has 12 heavy (non-hydrogen) atoms. The molecule has 69 valence electrons. The van der Waals surface area contributed by atoms with E-state index in [1.807, 2.05) is 12.2 Å². The van der Waals surface area contributed by atoms with E-state index in [4.69, 9.17) is 0 Å². The summed E-state index contributed by atoms with van der Waals surface area (Å²) in [7, 11) is 0. The lowest BCUT2D eigenvalue weighted by molar-refractivity contribution is 0.485. The zero-order valence-electron chi connectivity index (χ0n) is 8.80. The minimum atomic E-state index is 0.488. The van der Waals surface area contributed by atoms with Crippen molar-refractivity contribution in [3.63, 3.8) is 0 Å². The van der Waals surface area contributed by atoms with Crippen molar-refractivity contribution in [3.05, 3.63) is 31.2 Å². The topological polar surface area (TPSA) is 0 Å². The van der Waals surface area contributed by atoms with Crippen molar-refractivity contribution >= 4 is 0 Å². The smallest absolute Gasteiger partial charge is 0.0000365 e. The molecule has 0 aromatic heterocycles. The van der Waals surface area contributed by atoms with Crippen LogP contribution in [0.3, 0.4) is 0 Å². The summed E-state index contributed by atoms with van der Waals surface area (Å²) in [5, 5.41) is 0. The molecular formula is C12H21. The van der Waals surface area contributed by atoms with Crippen LogP contribution in [0.15, 0.2) is 24.3 Å². The fraction of sp³-hybridized carbons (Fsp3) is 0.583. The monoisotopic (exact) mass is 165 g/mol. The van der Waals surface area contributed by atoms with Crippen molar-refractivity contribution in [2.24, 2.45) is 17.8 Å². The van der Waals surface area contributed by atoms with Crippen LogP contribution in [0, 0.1) is 24.7 Å². The Morgan fingerprint density at radius 1 is 1.17 bits per heavy atom. The average Bonchev–Trinajstić information content (AvgIpc) is 1.98. The van der Waals surface area contributed by atoms with Gasteiger partial charge in [0.05, 0.1) is 0 Å². The van der Waals surface area contributed by atoms with Gasteiger partial charge in [0.15, 0.2) is 0 Å². The van der Waals surface area contributed by atoms with E-state index in [-0.39, 0.29) is 0 Å². The summed E-state index contributed by atoms with van der Waals surface area (Å²) in [6.45, 7) is 16.6. The fourth-order valence-electron chi connectivity index (χ4n) is 1.55. The lowest BCUT2D eigenvalue weighted by Gasteiger charge is -2.23. The minimum absolute atomic E-state index is 0.488. The first kappa shape index (κ1) is 11.5. The van der Waals surface area contributed by atoms with Gasteiger partial charge in [0.1, 0.15) is 0 Å². The molecule has 0 aliphatic rings. The molecular weight excluding hydrogens is 144 g/mol. The van der Waals surface area contributed by atoms with E-state index < -0.39 is 0 Å². The maximum absolute atomic E-state index is 3.86. The Morgan fingerprint density at radius 2 is 1.67 bits per heavy atom. The number of allylic oxidation sites excluding steroid dienone is 3. The van der Waals surface area contributed by atoms with Crippen LogP contribution in [-0.2, 0) is 0 Å². The van der Waals surface area contributed by atoms with Crippen molar-refractivity contribution in [1.29, 1.82) is 0 Å². The van der Waals surface area contributed by atoms with Crippen molar-refractivity contribution in [1.82, 2.24) is 0 Å². The summed E-state index contributed by atoms with van der Waals surface area (Å²) in [5.41, 5.74) is 1.40. The maximum atomic E-state index is 3.86. The Morgan fingerprint density at radius 3 is 1.75 bits per heavy atom. The van der Waals surface area contributed by atoms with Gasteiger partial charge in [-0.1, -0.05) is 45.4 Å². The van der Waals surface area contributed by atoms with Crippen LogP contribution in [-0.4, -0.2) is 0 Å². The summed E-state index contributed by atoms with van der Waals surface area (Å²) in [4.78, 5) is 0. The predicted molar refractivity (Wildman–Crippen MR) is 56.8 cm³/mol. The van der Waals surface area contributed by atoms with Gasteiger partial charge in [0.2, 0.25) is 0 Å². The molecule has 0 nitrogen and oxygen atoms in total. The van der Waals surface area contributed by atoms with Gasteiger partial charge in [-0.25, -0.2) is 0 Å². The summed E-state index contributed by atoms with van der Waals surface area (Å²) in [6, 6.07) is 0. The average molecular weight is 165 g/mol. The summed E-state index contributed by atoms with van der Waals surface area (Å²) >= 11 is 0. The van der Waals surface area contributed by atoms with Gasteiger partial charge in [0.25, 0.3) is 0 Å². The zero-order valence-corrected chi connectivity index (χ0v) is 8.80. The largest absolute Gasteiger partial charge is 0.102 e. The normalized spacial score (nSPS) is 15.4. The molecule has 1 unspecified atom stereocenters. The van der Waals surface area contributed by atoms with Crippen LogP contribution in [0.5, 0.6) is 0 Å². The van der Waals surface area contributed by atoms with Crippen LogP contribution in [0.1, 0.15) is 27.7 Å². The van der Waals surface area contributed by atoms with Crippen LogP contribution in [0.25, 0.3) is 0 Å². The summed E-state index contributed by atoms with van der Waals surface area (Å²) < 4.78 is 0. The third-order valence-corrected chi connectivity index (χ3v) is 2.26. The van der Waals surface area contributed by atoms with Gasteiger partial charge < -0.3 is 0 Å². The molecule has 0 spiro atoms. The molecule has 0 fully saturated rings. The van der Waals surface area contributed by atoms with Gasteiger partial charge in [-0.05, 0) is 24.7 Å². The van der Waals surface area contributed by atoms with Gasteiger partial charge >= 0.3 is 0 Å². The van der Waals surface area contributed by atoms with Gasteiger partial charge in [-0.3, -0.25) is 0 Å². The van der Waals surface area contributed by atoms with E-state index in [1.165, 1.54) is 5.57 Å². The highest BCUT2D eigenvalue weighted by molar-refractivity contribution is 5.16. The highest BCUT2D eigenvalue weighted by Crippen LogP contribution is 2.27.